The third-order valence-electron chi connectivity index (χ3n) is 6.18. The predicted molar refractivity (Wildman–Crippen MR) is 150 cm³/mol. The molecule has 1 atom stereocenters. The summed E-state index contributed by atoms with van der Waals surface area (Å²) in [6.45, 7) is 3.68. The lowest BCUT2D eigenvalue weighted by Gasteiger charge is -2.21. The van der Waals surface area contributed by atoms with E-state index in [2.05, 4.69) is 25.6 Å². The zero-order chi connectivity index (χ0) is 27.7. The Morgan fingerprint density at radius 3 is 2.62 bits per heavy atom. The lowest BCUT2D eigenvalue weighted by atomic mass is 10.0. The number of hydrogen-bond donors (Lipinski definition) is 1. The smallest absolute Gasteiger partial charge is 0.252 e. The second-order valence-electron chi connectivity index (χ2n) is 8.78. The summed E-state index contributed by atoms with van der Waals surface area (Å²) in [6, 6.07) is 11.0. The molecule has 12 heteroatoms. The van der Waals surface area contributed by atoms with Crippen LogP contribution in [0.5, 0.6) is 5.75 Å². The Hall–Kier alpha value is -4.28. The normalized spacial score (nSPS) is 11.9. The molecule has 1 unspecified atom stereocenters. The molecular weight excluding hydrogens is 541 g/mol. The summed E-state index contributed by atoms with van der Waals surface area (Å²) < 4.78 is 8.51. The van der Waals surface area contributed by atoms with Gasteiger partial charge in [0.1, 0.15) is 11.8 Å². The number of fused-ring (bicyclic) bond motifs is 1. The van der Waals surface area contributed by atoms with Crippen molar-refractivity contribution in [3.8, 4) is 22.6 Å². The van der Waals surface area contributed by atoms with Gasteiger partial charge in [-0.25, -0.2) is 9.67 Å². The van der Waals surface area contributed by atoms with Crippen LogP contribution in [0.4, 0.5) is 5.69 Å². The van der Waals surface area contributed by atoms with Crippen LogP contribution in [-0.2, 0) is 4.79 Å². The molecule has 198 valence electrons. The number of pyridine rings is 1. The number of amides is 1. The van der Waals surface area contributed by atoms with Gasteiger partial charge in [0, 0.05) is 34.1 Å². The first-order chi connectivity index (χ1) is 18.8. The maximum atomic E-state index is 13.4. The number of carbonyl (C=O) groups is 1. The summed E-state index contributed by atoms with van der Waals surface area (Å²) in [5.41, 5.74) is 3.95. The number of carbonyl (C=O) groups excluding carboxylic acids is 1. The van der Waals surface area contributed by atoms with E-state index < -0.39 is 11.6 Å². The molecule has 0 aliphatic carbocycles. The molecule has 5 rings (SSSR count). The van der Waals surface area contributed by atoms with Crippen LogP contribution in [0.1, 0.15) is 25.1 Å². The second kappa shape index (κ2) is 10.8. The Bertz CT molecular complexity index is 1770. The van der Waals surface area contributed by atoms with Crippen LogP contribution < -0.4 is 15.6 Å². The van der Waals surface area contributed by atoms with Crippen molar-refractivity contribution < 1.29 is 9.53 Å². The summed E-state index contributed by atoms with van der Waals surface area (Å²) >= 11 is 12.3. The van der Waals surface area contributed by atoms with Gasteiger partial charge in [-0.05, 0) is 49.7 Å². The Morgan fingerprint density at radius 2 is 1.90 bits per heavy atom. The SMILES string of the molecule is CCC(C(=O)Nc1ccc2ncc(C)nc2c1)n1cc(OC)c(-c2cc(Cl)ccc2-n2cc(Cl)nn2)cc1=O. The number of benzene rings is 2. The minimum atomic E-state index is -0.798. The maximum Gasteiger partial charge on any atom is 0.252 e. The van der Waals surface area contributed by atoms with Crippen molar-refractivity contribution in [2.75, 3.05) is 12.4 Å². The molecule has 0 bridgehead atoms. The molecule has 0 saturated heterocycles. The average molecular weight is 564 g/mol. The highest BCUT2D eigenvalue weighted by Crippen LogP contribution is 2.35. The van der Waals surface area contributed by atoms with Crippen LogP contribution in [0, 0.1) is 6.92 Å². The van der Waals surface area contributed by atoms with E-state index in [0.717, 1.165) is 11.2 Å². The van der Waals surface area contributed by atoms with Crippen molar-refractivity contribution in [2.24, 2.45) is 0 Å². The third-order valence-corrected chi connectivity index (χ3v) is 6.59. The molecule has 3 heterocycles. The van der Waals surface area contributed by atoms with Crippen LogP contribution >= 0.6 is 23.2 Å². The number of aryl methyl sites for hydroxylation is 1. The molecule has 39 heavy (non-hydrogen) atoms. The summed E-state index contributed by atoms with van der Waals surface area (Å²) in [4.78, 5) is 35.6. The fourth-order valence-electron chi connectivity index (χ4n) is 4.35. The van der Waals surface area contributed by atoms with Crippen molar-refractivity contribution in [3.63, 3.8) is 0 Å². The number of anilines is 1. The number of halogens is 2. The first-order valence-corrected chi connectivity index (χ1v) is 12.8. The average Bonchev–Trinajstić information content (AvgIpc) is 3.35. The standard InChI is InChI=1S/C27H23Cl2N7O3/c1-4-22(27(38)32-17-6-7-20-21(10-17)31-15(2)12-30-20)35-13-24(39-3)19(11-26(35)37)18-9-16(28)5-8-23(18)36-14-25(29)33-34-36/h5-14,22H,4H2,1-3H3,(H,32,38). The number of aromatic nitrogens is 6. The zero-order valence-corrected chi connectivity index (χ0v) is 22.7. The van der Waals surface area contributed by atoms with Gasteiger partial charge in [0.2, 0.25) is 5.91 Å². The molecule has 0 aliphatic rings. The molecule has 1 amide bonds. The van der Waals surface area contributed by atoms with Gasteiger partial charge in [0.25, 0.3) is 5.56 Å². The number of nitrogens with one attached hydrogen (secondary N) is 1. The summed E-state index contributed by atoms with van der Waals surface area (Å²) in [6.07, 6.45) is 5.12. The maximum absolute atomic E-state index is 13.4. The van der Waals surface area contributed by atoms with Crippen LogP contribution in [0.15, 0.2) is 65.8 Å². The van der Waals surface area contributed by atoms with E-state index in [9.17, 15) is 9.59 Å². The highest BCUT2D eigenvalue weighted by atomic mass is 35.5. The van der Waals surface area contributed by atoms with Gasteiger partial charge in [-0.2, -0.15) is 0 Å². The topological polar surface area (TPSA) is 117 Å². The van der Waals surface area contributed by atoms with Crippen LogP contribution in [0.25, 0.3) is 27.8 Å². The highest BCUT2D eigenvalue weighted by molar-refractivity contribution is 6.31. The van der Waals surface area contributed by atoms with Crippen LogP contribution in [0.2, 0.25) is 10.2 Å². The van der Waals surface area contributed by atoms with Gasteiger partial charge in [-0.3, -0.25) is 19.1 Å². The molecule has 2 aromatic carbocycles. The minimum absolute atomic E-state index is 0.212. The van der Waals surface area contributed by atoms with Crippen molar-refractivity contribution >= 4 is 45.8 Å². The van der Waals surface area contributed by atoms with Gasteiger partial charge in [0.15, 0.2) is 5.15 Å². The van der Waals surface area contributed by atoms with Crippen LogP contribution in [-0.4, -0.2) is 42.5 Å². The predicted octanol–water partition coefficient (Wildman–Crippen LogP) is 5.25. The highest BCUT2D eigenvalue weighted by Gasteiger charge is 2.23. The molecule has 0 radical (unpaired) electrons. The Labute approximate surface area is 233 Å². The second-order valence-corrected chi connectivity index (χ2v) is 9.60. The zero-order valence-electron chi connectivity index (χ0n) is 21.2. The van der Waals surface area contributed by atoms with Gasteiger partial charge < -0.3 is 10.1 Å². The minimum Gasteiger partial charge on any atom is -0.495 e. The third kappa shape index (κ3) is 5.34. The molecule has 0 saturated carbocycles. The largest absolute Gasteiger partial charge is 0.495 e. The van der Waals surface area contributed by atoms with Gasteiger partial charge in [-0.15, -0.1) is 5.10 Å². The Balaban J connectivity index is 1.52. The van der Waals surface area contributed by atoms with Gasteiger partial charge in [0.05, 0.1) is 41.9 Å². The molecule has 3 aromatic heterocycles. The molecule has 10 nitrogen and oxygen atoms in total. The van der Waals surface area contributed by atoms with E-state index in [1.165, 1.54) is 28.6 Å². The number of ether oxygens (including phenoxy) is 1. The molecule has 0 spiro atoms. The van der Waals surface area contributed by atoms with Crippen molar-refractivity contribution in [2.45, 2.75) is 26.3 Å². The molecule has 0 fully saturated rings. The monoisotopic (exact) mass is 563 g/mol. The number of methoxy groups -OCH3 is 1. The number of rotatable bonds is 7. The van der Waals surface area contributed by atoms with Crippen molar-refractivity contribution in [1.29, 1.82) is 0 Å². The van der Waals surface area contributed by atoms with E-state index in [0.29, 0.717) is 45.2 Å². The first kappa shape index (κ1) is 26.3. The molecule has 0 aliphatic heterocycles. The first-order valence-electron chi connectivity index (χ1n) is 12.0. The lowest BCUT2D eigenvalue weighted by Crippen LogP contribution is -2.32. The number of hydrogen-bond acceptors (Lipinski definition) is 7. The molecular formula is C27H23Cl2N7O3. The summed E-state index contributed by atoms with van der Waals surface area (Å²) in [7, 11) is 1.49. The fraction of sp³-hybridized carbons (Fsp3) is 0.185. The molecule has 5 aromatic rings. The van der Waals surface area contributed by atoms with Gasteiger partial charge in [-0.1, -0.05) is 35.3 Å². The van der Waals surface area contributed by atoms with E-state index in [-0.39, 0.29) is 11.1 Å². The van der Waals surface area contributed by atoms with Crippen molar-refractivity contribution in [1.82, 2.24) is 29.5 Å². The Morgan fingerprint density at radius 1 is 1.08 bits per heavy atom. The quantitative estimate of drug-likeness (QED) is 0.287. The van der Waals surface area contributed by atoms with E-state index in [1.807, 2.05) is 13.8 Å². The van der Waals surface area contributed by atoms with Crippen molar-refractivity contribution in [3.05, 3.63) is 87.3 Å². The van der Waals surface area contributed by atoms with E-state index >= 15 is 0 Å². The van der Waals surface area contributed by atoms with E-state index in [4.69, 9.17) is 27.9 Å². The molecule has 1 N–H and O–H groups in total. The summed E-state index contributed by atoms with van der Waals surface area (Å²) in [5, 5.41) is 11.4. The van der Waals surface area contributed by atoms with Crippen LogP contribution in [0.3, 0.4) is 0 Å². The lowest BCUT2D eigenvalue weighted by molar-refractivity contribution is -0.119. The van der Waals surface area contributed by atoms with Gasteiger partial charge >= 0.3 is 0 Å². The number of nitrogens with zero attached hydrogens (tertiary/aromatic N) is 6. The Kier molecular flexibility index (Phi) is 7.32. The summed E-state index contributed by atoms with van der Waals surface area (Å²) in [5.74, 6) is 0.0158. The fourth-order valence-corrected chi connectivity index (χ4v) is 4.64. The van der Waals surface area contributed by atoms with E-state index in [1.54, 1.807) is 48.8 Å².